The highest BCUT2D eigenvalue weighted by Gasteiger charge is 2.22. The molecule has 1 aliphatic rings. The predicted octanol–water partition coefficient (Wildman–Crippen LogP) is 0.0130. The van der Waals surface area contributed by atoms with Crippen LogP contribution in [-0.2, 0) is 29.6 Å². The standard InChI is InChI=1S/C20H36N4O6S2/c1-15(2)11-17-13-31(27,28)21-9-6-8-20(26)24-18(12-16(3)4)14-32(29,30)22-10-5-7-19(25)23-17/h5-8,15-18,21-22H,9-14H2,1-4H3,(H,23,25)(H,24,26)/b7-5+,8-6+. The summed E-state index contributed by atoms with van der Waals surface area (Å²) in [5, 5.41) is 5.32. The van der Waals surface area contributed by atoms with E-state index in [4.69, 9.17) is 0 Å². The van der Waals surface area contributed by atoms with Crippen LogP contribution in [0.4, 0.5) is 0 Å². The lowest BCUT2D eigenvalue weighted by molar-refractivity contribution is -0.118. The molecule has 0 aliphatic carbocycles. The van der Waals surface area contributed by atoms with Gasteiger partial charge in [-0.2, -0.15) is 0 Å². The Labute approximate surface area is 191 Å². The molecule has 32 heavy (non-hydrogen) atoms. The lowest BCUT2D eigenvalue weighted by Crippen LogP contribution is -2.44. The van der Waals surface area contributed by atoms with Crippen molar-refractivity contribution in [2.75, 3.05) is 24.6 Å². The van der Waals surface area contributed by atoms with Crippen molar-refractivity contribution in [3.8, 4) is 0 Å². The van der Waals surface area contributed by atoms with Crippen LogP contribution in [-0.4, -0.2) is 65.3 Å². The molecule has 4 N–H and O–H groups in total. The maximum atomic E-state index is 12.4. The van der Waals surface area contributed by atoms with E-state index in [9.17, 15) is 26.4 Å². The highest BCUT2D eigenvalue weighted by Crippen LogP contribution is 2.08. The second-order valence-corrected chi connectivity index (χ2v) is 12.4. The zero-order valence-electron chi connectivity index (χ0n) is 19.1. The minimum Gasteiger partial charge on any atom is -0.349 e. The molecule has 0 saturated heterocycles. The van der Waals surface area contributed by atoms with E-state index in [0.717, 1.165) is 0 Å². The van der Waals surface area contributed by atoms with Crippen LogP contribution in [0, 0.1) is 11.8 Å². The van der Waals surface area contributed by atoms with E-state index in [2.05, 4.69) is 20.1 Å². The third-order valence-corrected chi connectivity index (χ3v) is 7.32. The first-order chi connectivity index (χ1) is 14.8. The Kier molecular flexibility index (Phi) is 11.5. The molecule has 184 valence electrons. The van der Waals surface area contributed by atoms with Gasteiger partial charge < -0.3 is 10.6 Å². The molecule has 12 heteroatoms. The number of hydrogen-bond donors (Lipinski definition) is 4. The van der Waals surface area contributed by atoms with Crippen LogP contribution in [0.2, 0.25) is 0 Å². The fraction of sp³-hybridized carbons (Fsp3) is 0.700. The average molecular weight is 493 g/mol. The molecule has 2 atom stereocenters. The normalized spacial score (nSPS) is 27.7. The van der Waals surface area contributed by atoms with Crippen LogP contribution >= 0.6 is 0 Å². The summed E-state index contributed by atoms with van der Waals surface area (Å²) in [5.74, 6) is -1.34. The van der Waals surface area contributed by atoms with Crippen molar-refractivity contribution in [3.05, 3.63) is 24.3 Å². The Morgan fingerprint density at radius 3 is 1.41 bits per heavy atom. The van der Waals surface area contributed by atoms with Gasteiger partial charge >= 0.3 is 0 Å². The third kappa shape index (κ3) is 12.9. The molecule has 1 heterocycles. The molecule has 2 amide bonds. The maximum Gasteiger partial charge on any atom is 0.243 e. The van der Waals surface area contributed by atoms with Gasteiger partial charge in [-0.15, -0.1) is 0 Å². The molecule has 0 aromatic carbocycles. The van der Waals surface area contributed by atoms with Gasteiger partial charge in [0, 0.05) is 37.3 Å². The van der Waals surface area contributed by atoms with Gasteiger partial charge in [0.1, 0.15) is 0 Å². The molecule has 0 aromatic rings. The Bertz CT molecular complexity index is 821. The van der Waals surface area contributed by atoms with Crippen molar-refractivity contribution in [1.29, 1.82) is 0 Å². The van der Waals surface area contributed by atoms with Gasteiger partial charge in [0.25, 0.3) is 0 Å². The van der Waals surface area contributed by atoms with Crippen molar-refractivity contribution in [2.45, 2.75) is 52.6 Å². The van der Waals surface area contributed by atoms with Crippen LogP contribution in [0.25, 0.3) is 0 Å². The van der Waals surface area contributed by atoms with Gasteiger partial charge in [-0.1, -0.05) is 39.8 Å². The van der Waals surface area contributed by atoms with E-state index in [-0.39, 0.29) is 36.4 Å². The number of carbonyl (C=O) groups is 2. The lowest BCUT2D eigenvalue weighted by atomic mass is 10.1. The second kappa shape index (κ2) is 13.1. The van der Waals surface area contributed by atoms with Gasteiger partial charge in [-0.25, -0.2) is 26.3 Å². The van der Waals surface area contributed by atoms with E-state index in [1.54, 1.807) is 0 Å². The molecule has 0 radical (unpaired) electrons. The fourth-order valence-corrected chi connectivity index (χ4v) is 5.74. The number of sulfonamides is 2. The largest absolute Gasteiger partial charge is 0.349 e. The van der Waals surface area contributed by atoms with Crippen molar-refractivity contribution in [3.63, 3.8) is 0 Å². The van der Waals surface area contributed by atoms with Gasteiger partial charge in [0.2, 0.25) is 31.9 Å². The predicted molar refractivity (Wildman–Crippen MR) is 125 cm³/mol. The number of nitrogens with one attached hydrogen (secondary N) is 4. The molecular weight excluding hydrogens is 456 g/mol. The van der Waals surface area contributed by atoms with Crippen LogP contribution in [0.3, 0.4) is 0 Å². The lowest BCUT2D eigenvalue weighted by Gasteiger charge is -2.21. The SMILES string of the molecule is CC(C)CC1CS(=O)(=O)NC/C=C/C(=O)NC(CC(C)C)CS(=O)(=O)NC/C=C/C(=O)N1. The highest BCUT2D eigenvalue weighted by atomic mass is 32.2. The average Bonchev–Trinajstić information content (AvgIpc) is 2.59. The van der Waals surface area contributed by atoms with Gasteiger partial charge in [0.15, 0.2) is 0 Å². The van der Waals surface area contributed by atoms with Crippen molar-refractivity contribution >= 4 is 31.9 Å². The quantitative estimate of drug-likeness (QED) is 0.434. The van der Waals surface area contributed by atoms with Gasteiger partial charge in [-0.05, 0) is 24.7 Å². The highest BCUT2D eigenvalue weighted by molar-refractivity contribution is 7.89. The van der Waals surface area contributed by atoms with E-state index < -0.39 is 43.9 Å². The Morgan fingerprint density at radius 2 is 1.09 bits per heavy atom. The van der Waals surface area contributed by atoms with Crippen LogP contribution < -0.4 is 20.1 Å². The summed E-state index contributed by atoms with van der Waals surface area (Å²) in [7, 11) is -7.40. The van der Waals surface area contributed by atoms with Crippen LogP contribution in [0.5, 0.6) is 0 Å². The summed E-state index contributed by atoms with van der Waals surface area (Å²) in [5.41, 5.74) is 0. The Balaban J connectivity index is 3.06. The van der Waals surface area contributed by atoms with E-state index in [1.807, 2.05) is 27.7 Å². The van der Waals surface area contributed by atoms with E-state index >= 15 is 0 Å². The molecule has 0 aromatic heterocycles. The van der Waals surface area contributed by atoms with E-state index in [1.165, 1.54) is 24.3 Å². The molecule has 0 spiro atoms. The molecule has 2 unspecified atom stereocenters. The molecule has 0 fully saturated rings. The smallest absolute Gasteiger partial charge is 0.243 e. The Morgan fingerprint density at radius 1 is 0.750 bits per heavy atom. The number of amides is 2. The summed E-state index contributed by atoms with van der Waals surface area (Å²) in [4.78, 5) is 24.4. The first-order valence-electron chi connectivity index (χ1n) is 10.7. The van der Waals surface area contributed by atoms with Crippen molar-refractivity contribution < 1.29 is 26.4 Å². The molecule has 1 rings (SSSR count). The van der Waals surface area contributed by atoms with Crippen LogP contribution in [0.1, 0.15) is 40.5 Å². The number of hydrogen-bond acceptors (Lipinski definition) is 6. The molecular formula is C20H36N4O6S2. The third-order valence-electron chi connectivity index (χ3n) is 4.43. The summed E-state index contributed by atoms with van der Waals surface area (Å²) in [6.07, 6.45) is 5.96. The van der Waals surface area contributed by atoms with Crippen LogP contribution in [0.15, 0.2) is 24.3 Å². The summed E-state index contributed by atoms with van der Waals surface area (Å²) >= 11 is 0. The molecule has 10 nitrogen and oxygen atoms in total. The number of carbonyl (C=O) groups excluding carboxylic acids is 2. The second-order valence-electron chi connectivity index (χ2n) is 8.73. The summed E-state index contributed by atoms with van der Waals surface area (Å²) in [6, 6.07) is -1.24. The zero-order chi connectivity index (χ0) is 24.4. The Hall–Kier alpha value is -1.76. The monoisotopic (exact) mass is 492 g/mol. The topological polar surface area (TPSA) is 151 Å². The molecule has 1 aliphatic heterocycles. The molecule has 0 bridgehead atoms. The minimum absolute atomic E-state index is 0.104. The maximum absolute atomic E-state index is 12.4. The zero-order valence-corrected chi connectivity index (χ0v) is 20.8. The first-order valence-corrected chi connectivity index (χ1v) is 14.0. The van der Waals surface area contributed by atoms with Gasteiger partial charge in [-0.3, -0.25) is 9.59 Å². The summed E-state index contributed by atoms with van der Waals surface area (Å²) in [6.45, 7) is 7.44. The number of rotatable bonds is 4. The molecule has 0 saturated carbocycles. The van der Waals surface area contributed by atoms with Gasteiger partial charge in [0.05, 0.1) is 11.5 Å². The summed E-state index contributed by atoms with van der Waals surface area (Å²) < 4.78 is 54.4. The van der Waals surface area contributed by atoms with Crippen molar-refractivity contribution in [2.24, 2.45) is 11.8 Å². The first kappa shape index (κ1) is 28.3. The minimum atomic E-state index is -3.70. The van der Waals surface area contributed by atoms with Crippen molar-refractivity contribution in [1.82, 2.24) is 20.1 Å². The fourth-order valence-electron chi connectivity index (χ4n) is 3.30. The van der Waals surface area contributed by atoms with E-state index in [0.29, 0.717) is 12.8 Å².